The van der Waals surface area contributed by atoms with E-state index in [2.05, 4.69) is 13.8 Å². The zero-order chi connectivity index (χ0) is 15.5. The van der Waals surface area contributed by atoms with Crippen LogP contribution in [0.25, 0.3) is 0 Å². The van der Waals surface area contributed by atoms with Gasteiger partial charge in [-0.3, -0.25) is 0 Å². The molecule has 0 aromatic carbocycles. The minimum absolute atomic E-state index is 0.323. The Morgan fingerprint density at radius 1 is 1.05 bits per heavy atom. The van der Waals surface area contributed by atoms with Gasteiger partial charge in [0.1, 0.15) is 0 Å². The van der Waals surface area contributed by atoms with Gasteiger partial charge in [-0.2, -0.15) is 17.0 Å². The third-order valence-corrected chi connectivity index (χ3v) is 7.14. The summed E-state index contributed by atoms with van der Waals surface area (Å²) in [6.07, 6.45) is 5.11. The van der Waals surface area contributed by atoms with Crippen molar-refractivity contribution in [1.82, 2.24) is 8.61 Å². The normalized spacial score (nSPS) is 30.5. The van der Waals surface area contributed by atoms with E-state index in [-0.39, 0.29) is 0 Å². The van der Waals surface area contributed by atoms with Gasteiger partial charge in [0.15, 0.2) is 0 Å². The molecule has 0 bridgehead atoms. The van der Waals surface area contributed by atoms with Crippen LogP contribution >= 0.6 is 0 Å². The summed E-state index contributed by atoms with van der Waals surface area (Å²) in [5.41, 5.74) is 5.73. The summed E-state index contributed by atoms with van der Waals surface area (Å²) in [4.78, 5) is 0. The molecule has 0 amide bonds. The minimum Gasteiger partial charge on any atom is -0.330 e. The van der Waals surface area contributed by atoms with E-state index in [1.807, 2.05) is 0 Å². The summed E-state index contributed by atoms with van der Waals surface area (Å²) in [5.74, 6) is 1.62. The first kappa shape index (κ1) is 17.2. The fraction of sp³-hybridized carbons (Fsp3) is 1.00. The van der Waals surface area contributed by atoms with Crippen molar-refractivity contribution in [3.05, 3.63) is 0 Å². The van der Waals surface area contributed by atoms with Gasteiger partial charge in [-0.25, -0.2) is 0 Å². The van der Waals surface area contributed by atoms with Gasteiger partial charge in [-0.05, 0) is 56.4 Å². The van der Waals surface area contributed by atoms with Crippen molar-refractivity contribution in [3.63, 3.8) is 0 Å². The molecule has 0 spiro atoms. The molecule has 2 N–H and O–H groups in total. The molecule has 6 heteroatoms. The second kappa shape index (κ2) is 7.40. The first-order chi connectivity index (χ1) is 9.95. The van der Waals surface area contributed by atoms with E-state index in [1.165, 1.54) is 0 Å². The maximum absolute atomic E-state index is 12.8. The van der Waals surface area contributed by atoms with Gasteiger partial charge < -0.3 is 5.73 Å². The van der Waals surface area contributed by atoms with Crippen LogP contribution in [-0.2, 0) is 10.2 Å². The zero-order valence-corrected chi connectivity index (χ0v) is 14.3. The number of piperidine rings is 1. The summed E-state index contributed by atoms with van der Waals surface area (Å²) in [7, 11) is -3.29. The average Bonchev–Trinajstić information content (AvgIpc) is 2.73. The maximum atomic E-state index is 12.8. The van der Waals surface area contributed by atoms with Gasteiger partial charge >= 0.3 is 0 Å². The summed E-state index contributed by atoms with van der Waals surface area (Å²) in [6.45, 7) is 7.67. The average molecular weight is 317 g/mol. The molecule has 124 valence electrons. The molecular weight excluding hydrogens is 286 g/mol. The van der Waals surface area contributed by atoms with E-state index in [9.17, 15) is 8.42 Å². The molecule has 0 saturated carbocycles. The fourth-order valence-corrected chi connectivity index (χ4v) is 5.37. The molecule has 0 aliphatic carbocycles. The molecular formula is C15H31N3O2S. The van der Waals surface area contributed by atoms with Crippen molar-refractivity contribution in [2.24, 2.45) is 23.5 Å². The summed E-state index contributed by atoms with van der Waals surface area (Å²) in [5, 5.41) is 0. The second-order valence-electron chi connectivity index (χ2n) is 6.94. The Bertz CT molecular complexity index is 425. The van der Waals surface area contributed by atoms with Crippen molar-refractivity contribution in [1.29, 1.82) is 0 Å². The highest BCUT2D eigenvalue weighted by atomic mass is 32.2. The minimum atomic E-state index is -3.29. The Balaban J connectivity index is 2.02. The van der Waals surface area contributed by atoms with Gasteiger partial charge in [0.25, 0.3) is 10.2 Å². The van der Waals surface area contributed by atoms with Crippen LogP contribution in [0.3, 0.4) is 0 Å². The van der Waals surface area contributed by atoms with Gasteiger partial charge in [0.2, 0.25) is 0 Å². The van der Waals surface area contributed by atoms with Crippen molar-refractivity contribution in [2.75, 3.05) is 32.7 Å². The summed E-state index contributed by atoms with van der Waals surface area (Å²) >= 11 is 0. The number of nitrogens with two attached hydrogens (primary N) is 1. The van der Waals surface area contributed by atoms with Gasteiger partial charge in [-0.1, -0.05) is 13.8 Å². The van der Waals surface area contributed by atoms with E-state index in [0.717, 1.165) is 32.1 Å². The van der Waals surface area contributed by atoms with Crippen LogP contribution in [0, 0.1) is 17.8 Å². The first-order valence-electron chi connectivity index (χ1n) is 8.40. The molecule has 2 heterocycles. The predicted molar refractivity (Wildman–Crippen MR) is 86.0 cm³/mol. The number of hydrogen-bond acceptors (Lipinski definition) is 3. The molecule has 21 heavy (non-hydrogen) atoms. The van der Waals surface area contributed by atoms with E-state index >= 15 is 0 Å². The molecule has 0 aromatic rings. The third-order valence-electron chi connectivity index (χ3n) is 5.14. The second-order valence-corrected chi connectivity index (χ2v) is 8.87. The molecule has 0 aromatic heterocycles. The van der Waals surface area contributed by atoms with Crippen LogP contribution in [0.4, 0.5) is 0 Å². The van der Waals surface area contributed by atoms with Crippen molar-refractivity contribution in [2.45, 2.75) is 46.0 Å². The van der Waals surface area contributed by atoms with Crippen LogP contribution in [0.2, 0.25) is 0 Å². The lowest BCUT2D eigenvalue weighted by atomic mass is 9.89. The lowest BCUT2D eigenvalue weighted by Crippen LogP contribution is -2.49. The van der Waals surface area contributed by atoms with E-state index in [0.29, 0.717) is 50.5 Å². The fourth-order valence-electron chi connectivity index (χ4n) is 3.59. The van der Waals surface area contributed by atoms with E-state index < -0.39 is 10.2 Å². The van der Waals surface area contributed by atoms with Gasteiger partial charge in [0.05, 0.1) is 0 Å². The zero-order valence-electron chi connectivity index (χ0n) is 13.5. The number of hydrogen-bond donors (Lipinski definition) is 1. The Hall–Kier alpha value is -0.170. The van der Waals surface area contributed by atoms with Crippen LogP contribution in [0.1, 0.15) is 46.0 Å². The summed E-state index contributed by atoms with van der Waals surface area (Å²) < 4.78 is 29.1. The molecule has 2 aliphatic rings. The predicted octanol–water partition coefficient (Wildman–Crippen LogP) is 1.66. The monoisotopic (exact) mass is 317 g/mol. The molecule has 2 saturated heterocycles. The molecule has 2 rings (SSSR count). The number of rotatable bonds is 4. The highest BCUT2D eigenvalue weighted by Crippen LogP contribution is 2.27. The number of nitrogens with zero attached hydrogens (tertiary/aromatic N) is 2. The first-order valence-corrected chi connectivity index (χ1v) is 9.80. The molecule has 2 fully saturated rings. The highest BCUT2D eigenvalue weighted by Gasteiger charge is 2.34. The van der Waals surface area contributed by atoms with E-state index in [1.54, 1.807) is 8.61 Å². The summed E-state index contributed by atoms with van der Waals surface area (Å²) in [6, 6.07) is 0. The molecule has 2 aliphatic heterocycles. The van der Waals surface area contributed by atoms with Crippen LogP contribution in [0.5, 0.6) is 0 Å². The molecule has 2 atom stereocenters. The van der Waals surface area contributed by atoms with Crippen molar-refractivity contribution >= 4 is 10.2 Å². The quantitative estimate of drug-likeness (QED) is 0.857. The van der Waals surface area contributed by atoms with Crippen LogP contribution in [0.15, 0.2) is 0 Å². The highest BCUT2D eigenvalue weighted by molar-refractivity contribution is 7.86. The standard InChI is InChI=1S/C15H31N3O2S/c1-13(2)15-6-4-8-17(10-7-15)21(19,20)18-9-3-5-14(11-16)12-18/h13-15H,3-12,16H2,1-2H3. The molecule has 0 radical (unpaired) electrons. The van der Waals surface area contributed by atoms with Crippen LogP contribution < -0.4 is 5.73 Å². The van der Waals surface area contributed by atoms with Crippen LogP contribution in [-0.4, -0.2) is 49.8 Å². The largest absolute Gasteiger partial charge is 0.330 e. The van der Waals surface area contributed by atoms with Crippen molar-refractivity contribution < 1.29 is 8.42 Å². The smallest absolute Gasteiger partial charge is 0.281 e. The molecule has 2 unspecified atom stereocenters. The Labute approximate surface area is 130 Å². The third kappa shape index (κ3) is 4.18. The lowest BCUT2D eigenvalue weighted by molar-refractivity contribution is 0.249. The lowest BCUT2D eigenvalue weighted by Gasteiger charge is -2.35. The molecule has 5 nitrogen and oxygen atoms in total. The topological polar surface area (TPSA) is 66.6 Å². The van der Waals surface area contributed by atoms with Gasteiger partial charge in [0, 0.05) is 26.2 Å². The Morgan fingerprint density at radius 3 is 2.38 bits per heavy atom. The Morgan fingerprint density at radius 2 is 1.71 bits per heavy atom. The SMILES string of the molecule is CC(C)C1CCCN(S(=O)(=O)N2CCCC(CN)C2)CC1. The maximum Gasteiger partial charge on any atom is 0.281 e. The van der Waals surface area contributed by atoms with Gasteiger partial charge in [-0.15, -0.1) is 0 Å². The van der Waals surface area contributed by atoms with E-state index in [4.69, 9.17) is 5.73 Å². The van der Waals surface area contributed by atoms with Crippen molar-refractivity contribution in [3.8, 4) is 0 Å². The Kier molecular flexibility index (Phi) is 6.05.